The molecule has 0 amide bonds. The minimum atomic E-state index is 0.206. The zero-order valence-electron chi connectivity index (χ0n) is 6.26. The highest BCUT2D eigenvalue weighted by Gasteiger charge is 2.02. The van der Waals surface area contributed by atoms with Gasteiger partial charge in [0.1, 0.15) is 5.75 Å². The van der Waals surface area contributed by atoms with E-state index >= 15 is 0 Å². The van der Waals surface area contributed by atoms with E-state index in [4.69, 9.17) is 17.3 Å². The van der Waals surface area contributed by atoms with Gasteiger partial charge in [-0.3, -0.25) is 0 Å². The number of aromatic hydroxyl groups is 1. The van der Waals surface area contributed by atoms with E-state index in [2.05, 4.69) is 0 Å². The molecule has 0 aliphatic carbocycles. The second-order valence-electron chi connectivity index (χ2n) is 2.43. The van der Waals surface area contributed by atoms with Gasteiger partial charge >= 0.3 is 0 Å². The van der Waals surface area contributed by atoms with Crippen LogP contribution in [0.4, 0.5) is 0 Å². The Morgan fingerprint density at radius 3 is 2.64 bits per heavy atom. The van der Waals surface area contributed by atoms with E-state index < -0.39 is 0 Å². The summed E-state index contributed by atoms with van der Waals surface area (Å²) in [6, 6.07) is 3.39. The van der Waals surface area contributed by atoms with Crippen LogP contribution in [0.15, 0.2) is 12.1 Å². The average Bonchev–Trinajstić information content (AvgIpc) is 1.99. The Balaban J connectivity index is 3.21. The summed E-state index contributed by atoms with van der Waals surface area (Å²) in [6.45, 7) is 2.16. The Morgan fingerprint density at radius 1 is 1.55 bits per heavy atom. The van der Waals surface area contributed by atoms with E-state index in [0.29, 0.717) is 17.1 Å². The summed E-state index contributed by atoms with van der Waals surface area (Å²) in [7, 11) is 0. The fourth-order valence-electron chi connectivity index (χ4n) is 0.837. The lowest BCUT2D eigenvalue weighted by molar-refractivity contribution is 0.470. The van der Waals surface area contributed by atoms with Gasteiger partial charge in [0.25, 0.3) is 0 Å². The Kier molecular flexibility index (Phi) is 2.37. The Bertz CT molecular complexity index is 250. The van der Waals surface area contributed by atoms with Gasteiger partial charge in [-0.05, 0) is 24.6 Å². The predicted molar refractivity (Wildman–Crippen MR) is 45.7 cm³/mol. The van der Waals surface area contributed by atoms with E-state index in [-0.39, 0.29) is 5.75 Å². The first-order valence-corrected chi connectivity index (χ1v) is 3.71. The third-order valence-corrected chi connectivity index (χ3v) is 2.00. The molecule has 0 fully saturated rings. The molecule has 0 heterocycles. The lowest BCUT2D eigenvalue weighted by atomic mass is 10.1. The number of benzene rings is 1. The summed E-state index contributed by atoms with van der Waals surface area (Å²) in [5, 5.41) is 9.83. The molecule has 0 saturated heterocycles. The predicted octanol–water partition coefficient (Wildman–Crippen LogP) is 1.81. The molecular formula is C8H10ClNO. The average molecular weight is 172 g/mol. The minimum absolute atomic E-state index is 0.206. The molecule has 1 aromatic carbocycles. The number of phenols is 1. The summed E-state index contributed by atoms with van der Waals surface area (Å²) in [4.78, 5) is 0. The monoisotopic (exact) mass is 171 g/mol. The highest BCUT2D eigenvalue weighted by Crippen LogP contribution is 2.25. The number of rotatable bonds is 1. The summed E-state index contributed by atoms with van der Waals surface area (Å²) in [5.74, 6) is 0.206. The van der Waals surface area contributed by atoms with Gasteiger partial charge in [-0.1, -0.05) is 11.6 Å². The zero-order chi connectivity index (χ0) is 8.43. The SMILES string of the molecule is Cc1c(O)cc(CN)cc1Cl. The molecule has 0 bridgehead atoms. The summed E-state index contributed by atoms with van der Waals surface area (Å²) in [6.07, 6.45) is 0. The molecule has 11 heavy (non-hydrogen) atoms. The van der Waals surface area contributed by atoms with Crippen LogP contribution in [0.1, 0.15) is 11.1 Å². The van der Waals surface area contributed by atoms with Gasteiger partial charge in [0.15, 0.2) is 0 Å². The van der Waals surface area contributed by atoms with Crippen molar-refractivity contribution in [1.29, 1.82) is 0 Å². The number of nitrogens with two attached hydrogens (primary N) is 1. The van der Waals surface area contributed by atoms with Crippen molar-refractivity contribution in [3.8, 4) is 5.75 Å². The number of hydrogen-bond acceptors (Lipinski definition) is 2. The smallest absolute Gasteiger partial charge is 0.120 e. The van der Waals surface area contributed by atoms with Crippen LogP contribution in [0, 0.1) is 6.92 Å². The van der Waals surface area contributed by atoms with Crippen LogP contribution in [0.2, 0.25) is 5.02 Å². The highest BCUT2D eigenvalue weighted by atomic mass is 35.5. The van der Waals surface area contributed by atoms with E-state index in [1.807, 2.05) is 0 Å². The molecule has 60 valence electrons. The minimum Gasteiger partial charge on any atom is -0.508 e. The standard InChI is InChI=1S/C8H10ClNO/c1-5-7(9)2-6(4-10)3-8(5)11/h2-3,11H,4,10H2,1H3. The number of halogens is 1. The van der Waals surface area contributed by atoms with Gasteiger partial charge in [0, 0.05) is 17.1 Å². The Morgan fingerprint density at radius 2 is 2.18 bits per heavy atom. The lowest BCUT2D eigenvalue weighted by Gasteiger charge is -2.03. The van der Waals surface area contributed by atoms with Crippen molar-refractivity contribution >= 4 is 11.6 Å². The van der Waals surface area contributed by atoms with Crippen molar-refractivity contribution in [3.05, 3.63) is 28.3 Å². The third-order valence-electron chi connectivity index (χ3n) is 1.61. The largest absolute Gasteiger partial charge is 0.508 e. The maximum atomic E-state index is 9.27. The van der Waals surface area contributed by atoms with Crippen LogP contribution in [0.3, 0.4) is 0 Å². The Hall–Kier alpha value is -0.730. The molecule has 0 aromatic heterocycles. The molecule has 1 rings (SSSR count). The molecule has 1 aromatic rings. The molecule has 0 spiro atoms. The fraction of sp³-hybridized carbons (Fsp3) is 0.250. The van der Waals surface area contributed by atoms with Crippen molar-refractivity contribution in [3.63, 3.8) is 0 Å². The van der Waals surface area contributed by atoms with Crippen LogP contribution in [-0.2, 0) is 6.54 Å². The molecule has 0 aliphatic rings. The topological polar surface area (TPSA) is 46.2 Å². The summed E-state index contributed by atoms with van der Waals surface area (Å²) in [5.41, 5.74) is 6.91. The van der Waals surface area contributed by atoms with Gasteiger partial charge in [-0.25, -0.2) is 0 Å². The summed E-state index contributed by atoms with van der Waals surface area (Å²) < 4.78 is 0. The maximum Gasteiger partial charge on any atom is 0.120 e. The van der Waals surface area contributed by atoms with Gasteiger partial charge in [0.2, 0.25) is 0 Å². The van der Waals surface area contributed by atoms with Crippen LogP contribution >= 0.6 is 11.6 Å². The molecule has 3 heteroatoms. The first-order valence-electron chi connectivity index (χ1n) is 3.33. The van der Waals surface area contributed by atoms with Crippen molar-refractivity contribution in [2.45, 2.75) is 13.5 Å². The van der Waals surface area contributed by atoms with Crippen molar-refractivity contribution in [2.24, 2.45) is 5.73 Å². The van der Waals surface area contributed by atoms with Gasteiger partial charge in [0.05, 0.1) is 0 Å². The first kappa shape index (κ1) is 8.37. The number of hydrogen-bond donors (Lipinski definition) is 2. The molecule has 2 nitrogen and oxygen atoms in total. The van der Waals surface area contributed by atoms with Gasteiger partial charge in [-0.15, -0.1) is 0 Å². The van der Waals surface area contributed by atoms with Crippen LogP contribution in [0.25, 0.3) is 0 Å². The van der Waals surface area contributed by atoms with Crippen LogP contribution in [0.5, 0.6) is 5.75 Å². The van der Waals surface area contributed by atoms with Crippen molar-refractivity contribution < 1.29 is 5.11 Å². The van der Waals surface area contributed by atoms with E-state index in [0.717, 1.165) is 5.56 Å². The third kappa shape index (κ3) is 1.64. The Labute approximate surface area is 70.6 Å². The van der Waals surface area contributed by atoms with Crippen LogP contribution < -0.4 is 5.73 Å². The zero-order valence-corrected chi connectivity index (χ0v) is 7.02. The molecule has 0 aliphatic heterocycles. The maximum absolute atomic E-state index is 9.27. The van der Waals surface area contributed by atoms with Gasteiger partial charge in [-0.2, -0.15) is 0 Å². The molecule has 0 unspecified atom stereocenters. The molecule has 0 radical (unpaired) electrons. The van der Waals surface area contributed by atoms with Crippen molar-refractivity contribution in [1.82, 2.24) is 0 Å². The quantitative estimate of drug-likeness (QED) is 0.677. The molecule has 0 atom stereocenters. The fourth-order valence-corrected chi connectivity index (χ4v) is 1.07. The summed E-state index contributed by atoms with van der Waals surface area (Å²) >= 11 is 5.78. The van der Waals surface area contributed by atoms with Crippen LogP contribution in [-0.4, -0.2) is 5.11 Å². The lowest BCUT2D eigenvalue weighted by Crippen LogP contribution is -1.96. The molecule has 3 N–H and O–H groups in total. The number of phenolic OH excluding ortho intramolecular Hbond substituents is 1. The second-order valence-corrected chi connectivity index (χ2v) is 2.83. The van der Waals surface area contributed by atoms with E-state index in [1.54, 1.807) is 19.1 Å². The molecule has 0 saturated carbocycles. The first-order chi connectivity index (χ1) is 5.15. The van der Waals surface area contributed by atoms with E-state index in [1.165, 1.54) is 0 Å². The van der Waals surface area contributed by atoms with Crippen molar-refractivity contribution in [2.75, 3.05) is 0 Å². The molecular weight excluding hydrogens is 162 g/mol. The van der Waals surface area contributed by atoms with E-state index in [9.17, 15) is 5.11 Å². The van der Waals surface area contributed by atoms with Gasteiger partial charge < -0.3 is 10.8 Å². The highest BCUT2D eigenvalue weighted by molar-refractivity contribution is 6.31. The second kappa shape index (κ2) is 3.11. The normalized spacial score (nSPS) is 10.1.